The van der Waals surface area contributed by atoms with Crippen LogP contribution in [0.2, 0.25) is 0 Å². The van der Waals surface area contributed by atoms with E-state index in [0.717, 1.165) is 6.07 Å². The Morgan fingerprint density at radius 3 is 1.77 bits per heavy atom. The molecule has 0 bridgehead atoms. The summed E-state index contributed by atoms with van der Waals surface area (Å²) in [6, 6.07) is 11.1. The summed E-state index contributed by atoms with van der Waals surface area (Å²) in [5.74, 6) is -6.13. The molecule has 5 rings (SSSR count). The molecule has 0 aliphatic carbocycles. The summed E-state index contributed by atoms with van der Waals surface area (Å²) in [7, 11) is 0. The topological polar surface area (TPSA) is 204 Å². The van der Waals surface area contributed by atoms with Gasteiger partial charge < -0.3 is 21.7 Å². The van der Waals surface area contributed by atoms with Crippen LogP contribution in [0.15, 0.2) is 42.5 Å². The van der Waals surface area contributed by atoms with Gasteiger partial charge in [-0.3, -0.25) is 19.7 Å². The van der Waals surface area contributed by atoms with Gasteiger partial charge in [0.15, 0.2) is 0 Å². The normalized spacial score (nSPS) is 11.4. The number of carbonyl (C=O) groups is 4. The molecule has 35 heavy (non-hydrogen) atoms. The van der Waals surface area contributed by atoms with Crippen molar-refractivity contribution in [3.8, 4) is 0 Å². The number of nitro groups is 1. The van der Waals surface area contributed by atoms with E-state index < -0.39 is 62.0 Å². The van der Waals surface area contributed by atoms with E-state index in [2.05, 4.69) is 0 Å². The Morgan fingerprint density at radius 2 is 1.26 bits per heavy atom. The van der Waals surface area contributed by atoms with E-state index in [1.807, 2.05) is 0 Å². The number of primary amides is 2. The molecule has 0 aliphatic rings. The Bertz CT molecular complexity index is 1840. The van der Waals surface area contributed by atoms with E-state index in [0.29, 0.717) is 21.5 Å². The lowest BCUT2D eigenvalue weighted by Crippen LogP contribution is -2.25. The third kappa shape index (κ3) is 2.72. The minimum atomic E-state index is -1.81. The van der Waals surface area contributed by atoms with Crippen molar-refractivity contribution in [2.24, 2.45) is 11.5 Å². The molecule has 0 aliphatic heterocycles. The number of carboxylic acid groups (broad SMARTS) is 2. The monoisotopic (exact) mass is 471 g/mol. The molecule has 0 spiro atoms. The molecule has 11 heteroatoms. The summed E-state index contributed by atoms with van der Waals surface area (Å²) >= 11 is 0. The Morgan fingerprint density at radius 1 is 0.686 bits per heavy atom. The van der Waals surface area contributed by atoms with E-state index in [4.69, 9.17) is 11.5 Å². The first-order chi connectivity index (χ1) is 16.6. The fourth-order valence-electron chi connectivity index (χ4n) is 5.00. The van der Waals surface area contributed by atoms with Crippen LogP contribution in [0.3, 0.4) is 0 Å². The van der Waals surface area contributed by atoms with Gasteiger partial charge >= 0.3 is 11.9 Å². The fourth-order valence-corrected chi connectivity index (χ4v) is 5.00. The van der Waals surface area contributed by atoms with Crippen molar-refractivity contribution in [3.63, 3.8) is 0 Å². The highest BCUT2D eigenvalue weighted by molar-refractivity contribution is 6.41. The molecule has 0 saturated carbocycles. The zero-order chi connectivity index (χ0) is 25.3. The number of aromatic carboxylic acids is 2. The van der Waals surface area contributed by atoms with Crippen LogP contribution in [0.1, 0.15) is 41.4 Å². The second-order valence-electron chi connectivity index (χ2n) is 7.87. The third-order valence-corrected chi connectivity index (χ3v) is 6.14. The molecule has 2 amide bonds. The largest absolute Gasteiger partial charge is 0.478 e. The molecule has 0 fully saturated rings. The van der Waals surface area contributed by atoms with Gasteiger partial charge in [-0.1, -0.05) is 36.4 Å². The van der Waals surface area contributed by atoms with E-state index in [1.165, 1.54) is 0 Å². The van der Waals surface area contributed by atoms with Crippen LogP contribution in [-0.2, 0) is 0 Å². The first kappa shape index (κ1) is 21.5. The van der Waals surface area contributed by atoms with Crippen molar-refractivity contribution in [1.29, 1.82) is 0 Å². The first-order valence-corrected chi connectivity index (χ1v) is 10.00. The summed E-state index contributed by atoms with van der Waals surface area (Å²) < 4.78 is 0. The van der Waals surface area contributed by atoms with Gasteiger partial charge in [0.1, 0.15) is 5.56 Å². The number of carboxylic acids is 2. The molecule has 11 nitrogen and oxygen atoms in total. The van der Waals surface area contributed by atoms with Crippen LogP contribution in [0.25, 0.3) is 43.1 Å². The van der Waals surface area contributed by atoms with Crippen molar-refractivity contribution in [3.05, 3.63) is 74.8 Å². The van der Waals surface area contributed by atoms with Gasteiger partial charge in [-0.25, -0.2) is 9.59 Å². The van der Waals surface area contributed by atoms with Crippen LogP contribution < -0.4 is 11.5 Å². The predicted octanol–water partition coefficient (Wildman–Crippen LogP) is 3.24. The number of fused-ring (bicyclic) bond motifs is 2. The highest BCUT2D eigenvalue weighted by atomic mass is 16.6. The third-order valence-electron chi connectivity index (χ3n) is 6.14. The van der Waals surface area contributed by atoms with Gasteiger partial charge in [-0.05, 0) is 26.9 Å². The molecule has 172 valence electrons. The average molecular weight is 471 g/mol. The summed E-state index contributed by atoms with van der Waals surface area (Å²) in [5, 5.41) is 33.5. The number of hydrogen-bond acceptors (Lipinski definition) is 6. The number of carbonyl (C=O) groups excluding carboxylic acids is 2. The van der Waals surface area contributed by atoms with Crippen molar-refractivity contribution < 1.29 is 34.3 Å². The number of hydrogen-bond donors (Lipinski definition) is 4. The van der Waals surface area contributed by atoms with Crippen LogP contribution in [-0.4, -0.2) is 38.9 Å². The summed E-state index contributed by atoms with van der Waals surface area (Å²) in [6.45, 7) is 0. The molecule has 6 N–H and O–H groups in total. The zero-order valence-electron chi connectivity index (χ0n) is 17.5. The molecule has 0 atom stereocenters. The lowest BCUT2D eigenvalue weighted by molar-refractivity contribution is -0.384. The molecular weight excluding hydrogens is 458 g/mol. The van der Waals surface area contributed by atoms with Gasteiger partial charge in [-0.15, -0.1) is 0 Å². The molecule has 0 radical (unpaired) electrons. The standard InChI is InChI=1S/C24H13N3O8/c25-21(28)18-14-10-6-2-4-8-3-1-5-9(13(8)10)11-7-12(27(34)35)16(23(30)31)17(15(11)14)20(24(32)33)19(18)22(26)29/h1-7H,(H2,25,28)(H2,26,29)(H,30,31)(H,32,33). The maximum Gasteiger partial charge on any atom is 0.343 e. The predicted molar refractivity (Wildman–Crippen MR) is 125 cm³/mol. The minimum Gasteiger partial charge on any atom is -0.478 e. The lowest BCUT2D eigenvalue weighted by Gasteiger charge is -2.21. The SMILES string of the molecule is NC(=O)c1c(C(=O)O)c2c(C(=O)O)c([N+](=O)[O-])cc3c4cccc5cccc(c(c1C(N)=O)c23)c54. The van der Waals surface area contributed by atoms with Gasteiger partial charge in [0, 0.05) is 22.2 Å². The molecule has 0 unspecified atom stereocenters. The van der Waals surface area contributed by atoms with E-state index >= 15 is 0 Å². The number of nitro benzene ring substituents is 1. The van der Waals surface area contributed by atoms with Crippen molar-refractivity contribution in [1.82, 2.24) is 0 Å². The molecule has 5 aromatic rings. The highest BCUT2D eigenvalue weighted by Gasteiger charge is 2.36. The second kappa shape index (κ2) is 7.09. The summed E-state index contributed by atoms with van der Waals surface area (Å²) in [5.41, 5.74) is 7.01. The number of amides is 2. The van der Waals surface area contributed by atoms with Crippen LogP contribution in [0.5, 0.6) is 0 Å². The van der Waals surface area contributed by atoms with Crippen LogP contribution in [0.4, 0.5) is 5.69 Å². The second-order valence-corrected chi connectivity index (χ2v) is 7.87. The minimum absolute atomic E-state index is 0.0111. The lowest BCUT2D eigenvalue weighted by atomic mass is 9.81. The van der Waals surface area contributed by atoms with Crippen molar-refractivity contribution in [2.45, 2.75) is 0 Å². The molecule has 5 aromatic carbocycles. The first-order valence-electron chi connectivity index (χ1n) is 10.00. The molecule has 0 saturated heterocycles. The number of benzene rings is 5. The van der Waals surface area contributed by atoms with E-state index in [1.54, 1.807) is 36.4 Å². The summed E-state index contributed by atoms with van der Waals surface area (Å²) in [6.07, 6.45) is 0. The Kier molecular flexibility index (Phi) is 4.36. The van der Waals surface area contributed by atoms with E-state index in [-0.39, 0.29) is 16.2 Å². The van der Waals surface area contributed by atoms with Crippen molar-refractivity contribution >= 4 is 72.5 Å². The number of nitrogens with zero attached hydrogens (tertiary/aromatic N) is 1. The van der Waals surface area contributed by atoms with Crippen molar-refractivity contribution in [2.75, 3.05) is 0 Å². The molecular formula is C24H13N3O8. The Hall–Kier alpha value is -5.32. The molecule has 0 heterocycles. The maximum atomic E-state index is 12.7. The zero-order valence-corrected chi connectivity index (χ0v) is 17.5. The van der Waals surface area contributed by atoms with Gasteiger partial charge in [0.2, 0.25) is 11.8 Å². The highest BCUT2D eigenvalue weighted by Crippen LogP contribution is 2.47. The Labute approximate surface area is 193 Å². The fraction of sp³-hybridized carbons (Fsp3) is 0. The average Bonchev–Trinajstić information content (AvgIpc) is 2.79. The van der Waals surface area contributed by atoms with Gasteiger partial charge in [0.05, 0.1) is 21.6 Å². The Balaban J connectivity index is 2.37. The van der Waals surface area contributed by atoms with Crippen LogP contribution in [0, 0.1) is 10.1 Å². The number of nitrogens with two attached hydrogens (primary N) is 2. The quantitative estimate of drug-likeness (QED) is 0.129. The molecule has 0 aromatic heterocycles. The van der Waals surface area contributed by atoms with Gasteiger partial charge in [-0.2, -0.15) is 0 Å². The van der Waals surface area contributed by atoms with Crippen LogP contribution >= 0.6 is 0 Å². The number of rotatable bonds is 5. The smallest absolute Gasteiger partial charge is 0.343 e. The maximum absolute atomic E-state index is 12.7. The van der Waals surface area contributed by atoms with Gasteiger partial charge in [0.25, 0.3) is 5.69 Å². The van der Waals surface area contributed by atoms with E-state index in [9.17, 15) is 39.5 Å². The summed E-state index contributed by atoms with van der Waals surface area (Å²) in [4.78, 5) is 60.9.